The van der Waals surface area contributed by atoms with Gasteiger partial charge < -0.3 is 19.9 Å². The Morgan fingerprint density at radius 1 is 1.17 bits per heavy atom. The molecule has 184 valence electrons. The second-order valence-electron chi connectivity index (χ2n) is 8.56. The maximum absolute atomic E-state index is 15.7. The fourth-order valence-corrected chi connectivity index (χ4v) is 4.51. The first-order valence-electron chi connectivity index (χ1n) is 11.3. The SMILES string of the molecule is CCn1cc(C(=O)O)c(=O)c2cc(F)c(N3CCN(CC(=O)Nc4ccccc4)C(C)C3)c(F)c21. The fourth-order valence-electron chi connectivity index (χ4n) is 4.51. The summed E-state index contributed by atoms with van der Waals surface area (Å²) in [7, 11) is 0. The second-order valence-corrected chi connectivity index (χ2v) is 8.56. The molecule has 2 aromatic carbocycles. The minimum Gasteiger partial charge on any atom is -0.477 e. The lowest BCUT2D eigenvalue weighted by Crippen LogP contribution is -2.54. The van der Waals surface area contributed by atoms with Gasteiger partial charge in [-0.05, 0) is 32.0 Å². The van der Waals surface area contributed by atoms with Crippen LogP contribution in [-0.2, 0) is 11.3 Å². The highest BCUT2D eigenvalue weighted by molar-refractivity contribution is 5.94. The number of halogens is 2. The van der Waals surface area contributed by atoms with Gasteiger partial charge in [0.1, 0.15) is 17.1 Å². The van der Waals surface area contributed by atoms with Gasteiger partial charge in [-0.2, -0.15) is 0 Å². The Morgan fingerprint density at radius 2 is 1.89 bits per heavy atom. The fraction of sp³-hybridized carbons (Fsp3) is 0.320. The molecular weight excluding hydrogens is 458 g/mol. The molecule has 0 bridgehead atoms. The molecule has 0 spiro atoms. The van der Waals surface area contributed by atoms with Crippen molar-refractivity contribution in [3.63, 3.8) is 0 Å². The van der Waals surface area contributed by atoms with E-state index >= 15 is 8.78 Å². The predicted molar refractivity (Wildman–Crippen MR) is 129 cm³/mol. The lowest BCUT2D eigenvalue weighted by atomic mass is 10.1. The van der Waals surface area contributed by atoms with Crippen molar-refractivity contribution in [2.45, 2.75) is 26.4 Å². The van der Waals surface area contributed by atoms with E-state index in [9.17, 15) is 19.5 Å². The number of nitrogens with zero attached hydrogens (tertiary/aromatic N) is 3. The van der Waals surface area contributed by atoms with Gasteiger partial charge in [0.25, 0.3) is 0 Å². The van der Waals surface area contributed by atoms with Crippen LogP contribution in [0.5, 0.6) is 0 Å². The van der Waals surface area contributed by atoms with Crippen LogP contribution in [-0.4, -0.2) is 58.7 Å². The summed E-state index contributed by atoms with van der Waals surface area (Å²) in [6.45, 7) is 4.82. The van der Waals surface area contributed by atoms with Crippen LogP contribution in [0.3, 0.4) is 0 Å². The summed E-state index contributed by atoms with van der Waals surface area (Å²) >= 11 is 0. The van der Waals surface area contributed by atoms with E-state index < -0.39 is 28.6 Å². The third kappa shape index (κ3) is 4.74. The average Bonchev–Trinajstić information content (AvgIpc) is 2.81. The lowest BCUT2D eigenvalue weighted by Gasteiger charge is -2.40. The van der Waals surface area contributed by atoms with Gasteiger partial charge in [-0.3, -0.25) is 14.5 Å². The van der Waals surface area contributed by atoms with Crippen LogP contribution in [0.25, 0.3) is 10.9 Å². The highest BCUT2D eigenvalue weighted by Crippen LogP contribution is 2.31. The van der Waals surface area contributed by atoms with Gasteiger partial charge in [0.05, 0.1) is 17.4 Å². The number of pyridine rings is 1. The number of hydrogen-bond acceptors (Lipinski definition) is 5. The summed E-state index contributed by atoms with van der Waals surface area (Å²) in [6.07, 6.45) is 1.09. The molecule has 8 nitrogen and oxygen atoms in total. The predicted octanol–water partition coefficient (Wildman–Crippen LogP) is 3.15. The Morgan fingerprint density at radius 3 is 2.51 bits per heavy atom. The average molecular weight is 485 g/mol. The van der Waals surface area contributed by atoms with Crippen LogP contribution in [0, 0.1) is 11.6 Å². The number of carboxylic acids is 1. The number of benzene rings is 2. The summed E-state index contributed by atoms with van der Waals surface area (Å²) in [6, 6.07) is 9.82. The van der Waals surface area contributed by atoms with Crippen LogP contribution in [0.1, 0.15) is 24.2 Å². The molecule has 1 aromatic heterocycles. The van der Waals surface area contributed by atoms with E-state index in [0.29, 0.717) is 12.2 Å². The third-order valence-electron chi connectivity index (χ3n) is 6.29. The van der Waals surface area contributed by atoms with Crippen LogP contribution >= 0.6 is 0 Å². The number of carbonyl (C=O) groups excluding carboxylic acids is 1. The Hall–Kier alpha value is -3.79. The molecule has 2 heterocycles. The minimum absolute atomic E-state index is 0.128. The molecule has 1 saturated heterocycles. The van der Waals surface area contributed by atoms with E-state index in [-0.39, 0.29) is 54.7 Å². The zero-order chi connectivity index (χ0) is 25.3. The van der Waals surface area contributed by atoms with Crippen LogP contribution in [0.2, 0.25) is 0 Å². The molecule has 3 aromatic rings. The summed E-state index contributed by atoms with van der Waals surface area (Å²) in [5, 5.41) is 11.8. The molecule has 1 fully saturated rings. The normalized spacial score (nSPS) is 16.5. The van der Waals surface area contributed by atoms with Gasteiger partial charge in [-0.15, -0.1) is 0 Å². The van der Waals surface area contributed by atoms with Crippen molar-refractivity contribution in [1.82, 2.24) is 9.47 Å². The smallest absolute Gasteiger partial charge is 0.341 e. The monoisotopic (exact) mass is 484 g/mol. The third-order valence-corrected chi connectivity index (χ3v) is 6.29. The van der Waals surface area contributed by atoms with E-state index in [1.54, 1.807) is 24.0 Å². The number of piperazine rings is 1. The Bertz CT molecular complexity index is 1340. The quantitative estimate of drug-likeness (QED) is 0.558. The number of anilines is 2. The van der Waals surface area contributed by atoms with Crippen molar-refractivity contribution in [2.24, 2.45) is 0 Å². The van der Waals surface area contributed by atoms with E-state index in [1.165, 1.54) is 4.57 Å². The first kappa shape index (κ1) is 24.3. The van der Waals surface area contributed by atoms with Gasteiger partial charge in [-0.1, -0.05) is 18.2 Å². The number of carboxylic acid groups (broad SMARTS) is 1. The van der Waals surface area contributed by atoms with Crippen molar-refractivity contribution in [1.29, 1.82) is 0 Å². The van der Waals surface area contributed by atoms with Gasteiger partial charge in [0.2, 0.25) is 11.3 Å². The largest absolute Gasteiger partial charge is 0.477 e. The summed E-state index contributed by atoms with van der Waals surface area (Å²) < 4.78 is 32.1. The molecule has 1 unspecified atom stereocenters. The number of fused-ring (bicyclic) bond motifs is 1. The number of aromatic nitrogens is 1. The van der Waals surface area contributed by atoms with Crippen molar-refractivity contribution in [3.8, 4) is 0 Å². The first-order valence-corrected chi connectivity index (χ1v) is 11.3. The summed E-state index contributed by atoms with van der Waals surface area (Å²) in [5.41, 5.74) is -1.16. The molecule has 0 saturated carbocycles. The number of nitrogens with one attached hydrogen (secondary N) is 1. The number of hydrogen-bond donors (Lipinski definition) is 2. The molecule has 4 rings (SSSR count). The number of aromatic carboxylic acids is 1. The van der Waals surface area contributed by atoms with Gasteiger partial charge in [-0.25, -0.2) is 13.6 Å². The van der Waals surface area contributed by atoms with Crippen molar-refractivity contribution < 1.29 is 23.5 Å². The molecular formula is C25H26F2N4O4. The molecule has 35 heavy (non-hydrogen) atoms. The van der Waals surface area contributed by atoms with Crippen molar-refractivity contribution in [2.75, 3.05) is 36.4 Å². The highest BCUT2D eigenvalue weighted by atomic mass is 19.1. The topological polar surface area (TPSA) is 94.9 Å². The highest BCUT2D eigenvalue weighted by Gasteiger charge is 2.30. The maximum atomic E-state index is 15.7. The lowest BCUT2D eigenvalue weighted by molar-refractivity contribution is -0.117. The van der Waals surface area contributed by atoms with Crippen molar-refractivity contribution >= 4 is 34.2 Å². The summed E-state index contributed by atoms with van der Waals surface area (Å²) in [4.78, 5) is 39.9. The standard InChI is InChI=1S/C25H26F2N4O4/c1-3-29-13-18(25(34)35)24(33)17-11-19(26)23(21(27)22(17)29)31-10-9-30(15(2)12-31)14-20(32)28-16-7-5-4-6-8-16/h4-8,11,13,15H,3,9-10,12,14H2,1-2H3,(H,28,32)(H,34,35). The zero-order valence-corrected chi connectivity index (χ0v) is 19.4. The Kier molecular flexibility index (Phi) is 6.83. The minimum atomic E-state index is -1.45. The number of rotatable bonds is 6. The number of para-hydroxylation sites is 1. The summed E-state index contributed by atoms with van der Waals surface area (Å²) in [5.74, 6) is -3.47. The first-order chi connectivity index (χ1) is 16.7. The molecule has 1 atom stereocenters. The molecule has 0 radical (unpaired) electrons. The maximum Gasteiger partial charge on any atom is 0.341 e. The second kappa shape index (κ2) is 9.83. The van der Waals surface area contributed by atoms with Crippen LogP contribution in [0.15, 0.2) is 47.4 Å². The zero-order valence-electron chi connectivity index (χ0n) is 19.4. The molecule has 2 N–H and O–H groups in total. The molecule has 10 heteroatoms. The number of carbonyl (C=O) groups is 2. The molecule has 1 amide bonds. The van der Waals surface area contributed by atoms with Crippen LogP contribution < -0.4 is 15.6 Å². The molecule has 1 aliphatic heterocycles. The Labute approximate surface area is 200 Å². The van der Waals surface area contributed by atoms with E-state index in [2.05, 4.69) is 5.32 Å². The number of aryl methyl sites for hydroxylation is 1. The van der Waals surface area contributed by atoms with Crippen LogP contribution in [0.4, 0.5) is 20.2 Å². The van der Waals surface area contributed by atoms with E-state index in [0.717, 1.165) is 12.3 Å². The van der Waals surface area contributed by atoms with Gasteiger partial charge in [0, 0.05) is 44.1 Å². The number of amides is 1. The molecule has 0 aliphatic carbocycles. The van der Waals surface area contributed by atoms with Gasteiger partial charge >= 0.3 is 5.97 Å². The molecule has 1 aliphatic rings. The van der Waals surface area contributed by atoms with E-state index in [4.69, 9.17) is 0 Å². The van der Waals surface area contributed by atoms with E-state index in [1.807, 2.05) is 30.0 Å². The Balaban J connectivity index is 1.58. The van der Waals surface area contributed by atoms with Crippen molar-refractivity contribution in [3.05, 3.63) is 70.0 Å². The van der Waals surface area contributed by atoms with Gasteiger partial charge in [0.15, 0.2) is 5.82 Å².